The van der Waals surface area contributed by atoms with Crippen molar-refractivity contribution in [3.05, 3.63) is 6.43 Å². The number of carbonyl (C=O) groups is 1. The fourth-order valence-electron chi connectivity index (χ4n) is 0. The molecule has 0 aliphatic carbocycles. The number of hydrogen-bond donors (Lipinski definition) is 1. The van der Waals surface area contributed by atoms with E-state index in [1.54, 1.807) is 0 Å². The SMILES string of the molecule is O=C(O)[C-](F)F.[Os+]. The molecule has 7 heavy (non-hydrogen) atoms. The second-order valence-corrected chi connectivity index (χ2v) is 0.566. The number of carboxylic acids is 1. The molecule has 0 aromatic heterocycles. The van der Waals surface area contributed by atoms with E-state index in [4.69, 9.17) is 9.90 Å². The van der Waals surface area contributed by atoms with Gasteiger partial charge in [-0.05, 0) is 0 Å². The summed E-state index contributed by atoms with van der Waals surface area (Å²) >= 11 is 0. The fourth-order valence-corrected chi connectivity index (χ4v) is 0. The molecule has 43 valence electrons. The second-order valence-electron chi connectivity index (χ2n) is 0.566. The van der Waals surface area contributed by atoms with E-state index in [1.807, 2.05) is 0 Å². The molecule has 5 heteroatoms. The van der Waals surface area contributed by atoms with Gasteiger partial charge in [-0.15, -0.1) is 0 Å². The standard InChI is InChI=1S/C2HF2O2.Os/c3-1(4)2(5)6;/h(H,5,6);/q-1;+1. The van der Waals surface area contributed by atoms with Crippen LogP contribution in [0.25, 0.3) is 0 Å². The molecular formula is C2HF2O2Os. The van der Waals surface area contributed by atoms with Crippen molar-refractivity contribution in [1.29, 1.82) is 0 Å². The summed E-state index contributed by atoms with van der Waals surface area (Å²) in [6.07, 6.45) is -2.57. The van der Waals surface area contributed by atoms with Crippen LogP contribution in [0.5, 0.6) is 0 Å². The first kappa shape index (κ1) is 9.96. The molecule has 0 heterocycles. The molecule has 0 spiro atoms. The maximum Gasteiger partial charge on any atom is 1.00 e. The molecular weight excluding hydrogens is 284 g/mol. The normalized spacial score (nSPS) is 6.57. The predicted octanol–water partition coefficient (Wildman–Crippen LogP) is 0.497. The molecule has 0 aliphatic heterocycles. The van der Waals surface area contributed by atoms with Crippen LogP contribution in [0.2, 0.25) is 0 Å². The van der Waals surface area contributed by atoms with Crippen molar-refractivity contribution in [2.75, 3.05) is 0 Å². The molecule has 0 saturated heterocycles. The molecule has 1 N–H and O–H groups in total. The molecule has 0 atom stereocenters. The maximum atomic E-state index is 10.5. The van der Waals surface area contributed by atoms with Crippen molar-refractivity contribution >= 4 is 5.97 Å². The molecule has 0 aliphatic rings. The summed E-state index contributed by atoms with van der Waals surface area (Å²) < 4.78 is 20.9. The Balaban J connectivity index is 0. The Morgan fingerprint density at radius 2 is 1.71 bits per heavy atom. The average molecular weight is 285 g/mol. The Labute approximate surface area is 51.6 Å². The quantitative estimate of drug-likeness (QED) is 0.712. The predicted molar refractivity (Wildman–Crippen MR) is 13.1 cm³/mol. The Morgan fingerprint density at radius 3 is 1.71 bits per heavy atom. The minimum absolute atomic E-state index is 0. The smallest absolute Gasteiger partial charge is 0.500 e. The first-order chi connectivity index (χ1) is 2.64. The first-order valence-electron chi connectivity index (χ1n) is 1.06. The first-order valence-corrected chi connectivity index (χ1v) is 1.06. The van der Waals surface area contributed by atoms with Gasteiger partial charge in [0.1, 0.15) is 0 Å². The van der Waals surface area contributed by atoms with E-state index in [0.717, 1.165) is 0 Å². The summed E-state index contributed by atoms with van der Waals surface area (Å²) in [6, 6.07) is 0. The van der Waals surface area contributed by atoms with Crippen molar-refractivity contribution in [2.24, 2.45) is 0 Å². The van der Waals surface area contributed by atoms with Gasteiger partial charge >= 0.3 is 19.8 Å². The summed E-state index contributed by atoms with van der Waals surface area (Å²) in [6.45, 7) is 0. The molecule has 1 radical (unpaired) electrons. The zero-order chi connectivity index (χ0) is 5.15. The van der Waals surface area contributed by atoms with Crippen LogP contribution in [0, 0.1) is 6.43 Å². The molecule has 0 unspecified atom stereocenters. The van der Waals surface area contributed by atoms with Crippen LogP contribution in [0.3, 0.4) is 0 Å². The van der Waals surface area contributed by atoms with Crippen molar-refractivity contribution in [3.8, 4) is 0 Å². The third kappa shape index (κ3) is 5.84. The van der Waals surface area contributed by atoms with Crippen molar-refractivity contribution < 1.29 is 38.5 Å². The van der Waals surface area contributed by atoms with E-state index in [-0.39, 0.29) is 19.8 Å². The topological polar surface area (TPSA) is 37.3 Å². The minimum atomic E-state index is -2.57. The van der Waals surface area contributed by atoms with Crippen molar-refractivity contribution in [1.82, 2.24) is 0 Å². The molecule has 2 nitrogen and oxygen atoms in total. The summed E-state index contributed by atoms with van der Waals surface area (Å²) in [4.78, 5) is 8.91. The molecule has 0 saturated carbocycles. The molecule has 0 fully saturated rings. The Hall–Kier alpha value is -0.164. The largest absolute Gasteiger partial charge is 1.00 e. The number of rotatable bonds is 1. The molecule has 0 bridgehead atoms. The maximum absolute atomic E-state index is 10.5. The number of halogens is 2. The monoisotopic (exact) mass is 287 g/mol. The second kappa shape index (κ2) is 4.01. The zero-order valence-electron chi connectivity index (χ0n) is 2.96. The van der Waals surface area contributed by atoms with Gasteiger partial charge in [-0.3, -0.25) is 4.79 Å². The van der Waals surface area contributed by atoms with Gasteiger partial charge in [0.2, 0.25) is 5.97 Å². The summed E-state index contributed by atoms with van der Waals surface area (Å²) in [5.74, 6) is -2.16. The van der Waals surface area contributed by atoms with Crippen LogP contribution >= 0.6 is 0 Å². The van der Waals surface area contributed by atoms with Gasteiger partial charge in [0.05, 0.1) is 0 Å². The van der Waals surface area contributed by atoms with Gasteiger partial charge in [0.25, 0.3) is 0 Å². The van der Waals surface area contributed by atoms with Gasteiger partial charge in [-0.25, -0.2) is 0 Å². The Kier molecular flexibility index (Phi) is 5.70. The molecule has 0 aromatic carbocycles. The van der Waals surface area contributed by atoms with Crippen molar-refractivity contribution in [3.63, 3.8) is 0 Å². The summed E-state index contributed by atoms with van der Waals surface area (Å²) in [5.41, 5.74) is 0. The van der Waals surface area contributed by atoms with E-state index >= 15 is 0 Å². The van der Waals surface area contributed by atoms with Crippen LogP contribution in [-0.4, -0.2) is 11.1 Å². The third-order valence-electron chi connectivity index (χ3n) is 0.162. The Bertz CT molecular complexity index is 64.7. The number of carboxylic acid groups (broad SMARTS) is 1. The van der Waals surface area contributed by atoms with Gasteiger partial charge in [0, 0.05) is 6.43 Å². The molecule has 0 amide bonds. The van der Waals surface area contributed by atoms with Gasteiger partial charge in [-0.2, -0.15) is 0 Å². The average Bonchev–Trinajstić information content (AvgIpc) is 1.36. The zero-order valence-corrected chi connectivity index (χ0v) is 5.51. The van der Waals surface area contributed by atoms with Gasteiger partial charge in [0.15, 0.2) is 0 Å². The van der Waals surface area contributed by atoms with Crippen LogP contribution in [-0.2, 0) is 24.6 Å². The van der Waals surface area contributed by atoms with Crippen LogP contribution < -0.4 is 0 Å². The molecule has 0 aromatic rings. The van der Waals surface area contributed by atoms with E-state index in [2.05, 4.69) is 0 Å². The summed E-state index contributed by atoms with van der Waals surface area (Å²) in [5, 5.41) is 7.20. The van der Waals surface area contributed by atoms with Gasteiger partial charge in [-0.1, -0.05) is 0 Å². The van der Waals surface area contributed by atoms with E-state index < -0.39 is 12.4 Å². The van der Waals surface area contributed by atoms with Crippen LogP contribution in [0.1, 0.15) is 0 Å². The van der Waals surface area contributed by atoms with Crippen LogP contribution in [0.15, 0.2) is 0 Å². The Morgan fingerprint density at radius 1 is 1.57 bits per heavy atom. The number of hydrogen-bond acceptors (Lipinski definition) is 1. The fraction of sp³-hybridized carbons (Fsp3) is 0. The summed E-state index contributed by atoms with van der Waals surface area (Å²) in [7, 11) is 0. The van der Waals surface area contributed by atoms with E-state index in [1.165, 1.54) is 0 Å². The van der Waals surface area contributed by atoms with E-state index in [9.17, 15) is 8.78 Å². The molecule has 0 rings (SSSR count). The number of aliphatic carboxylic acids is 1. The van der Waals surface area contributed by atoms with Gasteiger partial charge < -0.3 is 13.9 Å². The third-order valence-corrected chi connectivity index (χ3v) is 0.162. The van der Waals surface area contributed by atoms with Crippen LogP contribution in [0.4, 0.5) is 8.78 Å². The minimum Gasteiger partial charge on any atom is -0.500 e. The van der Waals surface area contributed by atoms with Crippen molar-refractivity contribution in [2.45, 2.75) is 0 Å². The van der Waals surface area contributed by atoms with E-state index in [0.29, 0.717) is 0 Å².